The zero-order valence-corrected chi connectivity index (χ0v) is 11.7. The van der Waals surface area contributed by atoms with Crippen molar-refractivity contribution in [1.82, 2.24) is 10.2 Å². The first-order valence-corrected chi connectivity index (χ1v) is 7.02. The number of fused-ring (bicyclic) bond motifs is 2. The van der Waals surface area contributed by atoms with Crippen LogP contribution < -0.4 is 5.32 Å². The van der Waals surface area contributed by atoms with Gasteiger partial charge in [0.2, 0.25) is 0 Å². The Hall–Kier alpha value is -1.34. The smallest absolute Gasteiger partial charge is 0.326 e. The number of amides is 2. The number of aliphatic carboxylic acids is 1. The molecule has 0 aromatic heterocycles. The highest BCUT2D eigenvalue weighted by Crippen LogP contribution is 2.26. The van der Waals surface area contributed by atoms with E-state index in [0.717, 1.165) is 12.8 Å². The third-order valence-corrected chi connectivity index (χ3v) is 3.77. The number of methoxy groups -OCH3 is 1. The molecule has 2 fully saturated rings. The fourth-order valence-electron chi connectivity index (χ4n) is 2.71. The average molecular weight is 286 g/mol. The molecule has 2 aliphatic heterocycles. The quantitative estimate of drug-likeness (QED) is 0.692. The molecular formula is C13H22N2O5. The van der Waals surface area contributed by atoms with E-state index in [9.17, 15) is 9.59 Å². The Kier molecular flexibility index (Phi) is 5.19. The molecule has 7 heteroatoms. The number of carboxylic acids is 1. The normalized spacial score (nSPS) is 26.4. The van der Waals surface area contributed by atoms with Crippen LogP contribution in [0.1, 0.15) is 25.7 Å². The summed E-state index contributed by atoms with van der Waals surface area (Å²) < 4.78 is 10.6. The minimum absolute atomic E-state index is 0.108. The van der Waals surface area contributed by atoms with Gasteiger partial charge in [-0.15, -0.1) is 0 Å². The number of morpholine rings is 1. The van der Waals surface area contributed by atoms with Crippen LogP contribution in [0.3, 0.4) is 0 Å². The van der Waals surface area contributed by atoms with Crippen LogP contribution in [0.2, 0.25) is 0 Å². The Morgan fingerprint density at radius 3 is 2.60 bits per heavy atom. The number of hydrogen-bond donors (Lipinski definition) is 2. The first kappa shape index (κ1) is 15.1. The van der Waals surface area contributed by atoms with Gasteiger partial charge in [0.15, 0.2) is 0 Å². The van der Waals surface area contributed by atoms with E-state index in [4.69, 9.17) is 14.6 Å². The van der Waals surface area contributed by atoms with E-state index in [2.05, 4.69) is 5.32 Å². The van der Waals surface area contributed by atoms with Crippen LogP contribution in [0.25, 0.3) is 0 Å². The number of carboxylic acid groups (broad SMARTS) is 1. The number of likely N-dealkylation sites (tertiary alicyclic amines) is 1. The summed E-state index contributed by atoms with van der Waals surface area (Å²) in [5.41, 5.74) is 0. The SMILES string of the molecule is COCCCC(NC(=O)N1CC2CCC(C1)O2)C(=O)O. The summed E-state index contributed by atoms with van der Waals surface area (Å²) in [6.45, 7) is 1.58. The number of carbonyl (C=O) groups excluding carboxylic acids is 1. The van der Waals surface area contributed by atoms with Gasteiger partial charge in [0.1, 0.15) is 6.04 Å². The monoisotopic (exact) mass is 286 g/mol. The second-order valence-corrected chi connectivity index (χ2v) is 5.34. The van der Waals surface area contributed by atoms with Gasteiger partial charge in [-0.1, -0.05) is 0 Å². The number of urea groups is 1. The van der Waals surface area contributed by atoms with Crippen molar-refractivity contribution >= 4 is 12.0 Å². The number of hydrogen-bond acceptors (Lipinski definition) is 4. The molecule has 2 amide bonds. The van der Waals surface area contributed by atoms with Gasteiger partial charge in [0, 0.05) is 26.8 Å². The summed E-state index contributed by atoms with van der Waals surface area (Å²) in [5, 5.41) is 11.7. The summed E-state index contributed by atoms with van der Waals surface area (Å²) in [4.78, 5) is 24.9. The van der Waals surface area contributed by atoms with Crippen molar-refractivity contribution in [3.63, 3.8) is 0 Å². The molecule has 2 bridgehead atoms. The van der Waals surface area contributed by atoms with Crippen LogP contribution in [-0.4, -0.2) is 67.1 Å². The molecule has 0 aromatic rings. The standard InChI is InChI=1S/C13H22N2O5/c1-19-6-2-3-11(12(16)17)14-13(18)15-7-9-4-5-10(8-15)20-9/h9-11H,2-8H2,1H3,(H,14,18)(H,16,17). The molecule has 114 valence electrons. The number of rotatable bonds is 6. The maximum atomic E-state index is 12.1. The van der Waals surface area contributed by atoms with Gasteiger partial charge >= 0.3 is 12.0 Å². The highest BCUT2D eigenvalue weighted by molar-refractivity contribution is 5.82. The van der Waals surface area contributed by atoms with Crippen LogP contribution in [-0.2, 0) is 14.3 Å². The van der Waals surface area contributed by atoms with Gasteiger partial charge in [0.25, 0.3) is 0 Å². The molecule has 3 unspecified atom stereocenters. The van der Waals surface area contributed by atoms with Crippen molar-refractivity contribution in [2.75, 3.05) is 26.8 Å². The molecule has 20 heavy (non-hydrogen) atoms. The maximum Gasteiger partial charge on any atom is 0.326 e. The van der Waals surface area contributed by atoms with Crippen molar-refractivity contribution < 1.29 is 24.2 Å². The lowest BCUT2D eigenvalue weighted by Crippen LogP contribution is -2.53. The number of nitrogens with one attached hydrogen (secondary N) is 1. The molecule has 0 saturated carbocycles. The van der Waals surface area contributed by atoms with Crippen LogP contribution in [0.4, 0.5) is 4.79 Å². The molecule has 2 saturated heterocycles. The average Bonchev–Trinajstić information content (AvgIpc) is 2.76. The largest absolute Gasteiger partial charge is 0.480 e. The molecule has 2 rings (SSSR count). The predicted molar refractivity (Wildman–Crippen MR) is 70.5 cm³/mol. The number of nitrogens with zero attached hydrogens (tertiary/aromatic N) is 1. The highest BCUT2D eigenvalue weighted by atomic mass is 16.5. The van der Waals surface area contributed by atoms with E-state index >= 15 is 0 Å². The van der Waals surface area contributed by atoms with Crippen LogP contribution in [0.5, 0.6) is 0 Å². The van der Waals surface area contributed by atoms with Gasteiger partial charge in [-0.05, 0) is 25.7 Å². The van der Waals surface area contributed by atoms with Crippen molar-refractivity contribution in [1.29, 1.82) is 0 Å². The Morgan fingerprint density at radius 2 is 2.05 bits per heavy atom. The Balaban J connectivity index is 1.83. The first-order valence-electron chi connectivity index (χ1n) is 7.02. The summed E-state index contributed by atoms with van der Waals surface area (Å²) in [7, 11) is 1.57. The lowest BCUT2D eigenvalue weighted by Gasteiger charge is -2.32. The molecule has 2 aliphatic rings. The molecule has 2 heterocycles. The third kappa shape index (κ3) is 3.83. The van der Waals surface area contributed by atoms with E-state index in [1.54, 1.807) is 12.0 Å². The molecule has 0 spiro atoms. The molecule has 7 nitrogen and oxygen atoms in total. The van der Waals surface area contributed by atoms with Gasteiger partial charge in [-0.3, -0.25) is 0 Å². The fourth-order valence-corrected chi connectivity index (χ4v) is 2.71. The molecule has 3 atom stereocenters. The summed E-state index contributed by atoms with van der Waals surface area (Å²) >= 11 is 0. The number of carbonyl (C=O) groups is 2. The van der Waals surface area contributed by atoms with Crippen molar-refractivity contribution in [3.05, 3.63) is 0 Å². The molecule has 0 radical (unpaired) electrons. The van der Waals surface area contributed by atoms with E-state index in [1.165, 1.54) is 0 Å². The van der Waals surface area contributed by atoms with E-state index in [-0.39, 0.29) is 18.2 Å². The molecule has 0 aliphatic carbocycles. The lowest BCUT2D eigenvalue weighted by molar-refractivity contribution is -0.139. The van der Waals surface area contributed by atoms with Crippen LogP contribution in [0, 0.1) is 0 Å². The fraction of sp³-hybridized carbons (Fsp3) is 0.846. The maximum absolute atomic E-state index is 12.1. The lowest BCUT2D eigenvalue weighted by atomic mass is 10.1. The van der Waals surface area contributed by atoms with Crippen molar-refractivity contribution in [3.8, 4) is 0 Å². The highest BCUT2D eigenvalue weighted by Gasteiger charge is 2.36. The minimum Gasteiger partial charge on any atom is -0.480 e. The van der Waals surface area contributed by atoms with Gasteiger partial charge < -0.3 is 24.8 Å². The Morgan fingerprint density at radius 1 is 1.40 bits per heavy atom. The summed E-state index contributed by atoms with van der Waals surface area (Å²) in [6.07, 6.45) is 3.14. The molecule has 0 aromatic carbocycles. The van der Waals surface area contributed by atoms with Gasteiger partial charge in [-0.2, -0.15) is 0 Å². The second kappa shape index (κ2) is 6.90. The number of ether oxygens (including phenoxy) is 2. The third-order valence-electron chi connectivity index (χ3n) is 3.77. The minimum atomic E-state index is -1.01. The predicted octanol–water partition coefficient (Wildman–Crippen LogP) is 0.439. The zero-order valence-electron chi connectivity index (χ0n) is 11.7. The summed E-state index contributed by atoms with van der Waals surface area (Å²) in [5.74, 6) is -1.01. The zero-order chi connectivity index (χ0) is 14.5. The topological polar surface area (TPSA) is 88.1 Å². The van der Waals surface area contributed by atoms with E-state index in [0.29, 0.717) is 32.5 Å². The van der Waals surface area contributed by atoms with Gasteiger partial charge in [-0.25, -0.2) is 9.59 Å². The van der Waals surface area contributed by atoms with Crippen LogP contribution >= 0.6 is 0 Å². The Bertz CT molecular complexity index is 351. The van der Waals surface area contributed by atoms with Crippen LogP contribution in [0.15, 0.2) is 0 Å². The van der Waals surface area contributed by atoms with Gasteiger partial charge in [0.05, 0.1) is 12.2 Å². The summed E-state index contributed by atoms with van der Waals surface area (Å²) in [6, 6.07) is -1.17. The van der Waals surface area contributed by atoms with E-state index < -0.39 is 12.0 Å². The first-order chi connectivity index (χ1) is 9.60. The van der Waals surface area contributed by atoms with Crippen molar-refractivity contribution in [2.45, 2.75) is 43.9 Å². The molecular weight excluding hydrogens is 264 g/mol. The second-order valence-electron chi connectivity index (χ2n) is 5.34. The molecule has 2 N–H and O–H groups in total. The van der Waals surface area contributed by atoms with E-state index in [1.807, 2.05) is 0 Å². The van der Waals surface area contributed by atoms with Crippen molar-refractivity contribution in [2.24, 2.45) is 0 Å². The Labute approximate surface area is 118 Å².